The van der Waals surface area contributed by atoms with Crippen molar-refractivity contribution >= 4 is 5.97 Å². The number of nitrogens with zero attached hydrogens (tertiary/aromatic N) is 1. The zero-order valence-corrected chi connectivity index (χ0v) is 15.1. The second-order valence-electron chi connectivity index (χ2n) is 6.37. The summed E-state index contributed by atoms with van der Waals surface area (Å²) in [5.41, 5.74) is -3.38. The quantitative estimate of drug-likeness (QED) is 0.516. The summed E-state index contributed by atoms with van der Waals surface area (Å²) < 4.78 is 80.9. The number of halogens is 6. The van der Waals surface area contributed by atoms with Crippen molar-refractivity contribution in [3.63, 3.8) is 0 Å². The van der Waals surface area contributed by atoms with Gasteiger partial charge in [-0.15, -0.1) is 0 Å². The lowest BCUT2D eigenvalue weighted by molar-refractivity contribution is -0.137. The minimum Gasteiger partial charge on any atom is -0.481 e. The molecule has 1 aromatic heterocycles. The minimum absolute atomic E-state index is 0.189. The first-order valence-corrected chi connectivity index (χ1v) is 8.52. The summed E-state index contributed by atoms with van der Waals surface area (Å²) >= 11 is 0. The van der Waals surface area contributed by atoms with Gasteiger partial charge in [0.25, 0.3) is 0 Å². The van der Waals surface area contributed by atoms with Crippen LogP contribution in [-0.2, 0) is 23.6 Å². The van der Waals surface area contributed by atoms with E-state index in [2.05, 4.69) is 4.98 Å². The molecule has 0 saturated heterocycles. The summed E-state index contributed by atoms with van der Waals surface area (Å²) in [5, 5.41) is 9.30. The van der Waals surface area contributed by atoms with E-state index in [9.17, 15) is 36.2 Å². The fraction of sp³-hybridized carbons (Fsp3) is 0.143. The van der Waals surface area contributed by atoms with Gasteiger partial charge in [-0.2, -0.15) is 26.3 Å². The first-order valence-electron chi connectivity index (χ1n) is 8.52. The van der Waals surface area contributed by atoms with Crippen LogP contribution < -0.4 is 0 Å². The molecule has 2 aromatic carbocycles. The van der Waals surface area contributed by atoms with Crippen molar-refractivity contribution in [3.05, 3.63) is 77.6 Å². The molecule has 0 spiro atoms. The van der Waals surface area contributed by atoms with Crippen LogP contribution in [0.3, 0.4) is 0 Å². The zero-order valence-electron chi connectivity index (χ0n) is 15.1. The van der Waals surface area contributed by atoms with Gasteiger partial charge in [0.15, 0.2) is 0 Å². The molecule has 156 valence electrons. The number of pyridine rings is 1. The molecule has 0 aliphatic rings. The van der Waals surface area contributed by atoms with Gasteiger partial charge in [-0.25, -0.2) is 0 Å². The number of carbonyl (C=O) groups is 1. The van der Waals surface area contributed by atoms with Gasteiger partial charge in [-0.05, 0) is 28.8 Å². The fourth-order valence-electron chi connectivity index (χ4n) is 3.22. The van der Waals surface area contributed by atoms with Crippen LogP contribution in [0.15, 0.2) is 60.9 Å². The lowest BCUT2D eigenvalue weighted by Gasteiger charge is -2.19. The normalized spacial score (nSPS) is 12.1. The molecule has 0 saturated carbocycles. The summed E-state index contributed by atoms with van der Waals surface area (Å²) in [6.45, 7) is 0. The van der Waals surface area contributed by atoms with Gasteiger partial charge in [0.1, 0.15) is 0 Å². The van der Waals surface area contributed by atoms with Crippen LogP contribution in [0.4, 0.5) is 26.3 Å². The molecule has 30 heavy (non-hydrogen) atoms. The topological polar surface area (TPSA) is 50.2 Å². The Kier molecular flexibility index (Phi) is 5.56. The summed E-state index contributed by atoms with van der Waals surface area (Å²) in [6, 6.07) is 8.87. The summed E-state index contributed by atoms with van der Waals surface area (Å²) in [7, 11) is 0. The summed E-state index contributed by atoms with van der Waals surface area (Å²) in [5.74, 6) is -1.40. The van der Waals surface area contributed by atoms with Crippen LogP contribution in [0.1, 0.15) is 16.7 Å². The van der Waals surface area contributed by atoms with Crippen LogP contribution in [0.5, 0.6) is 0 Å². The molecule has 1 N–H and O–H groups in total. The maximum atomic E-state index is 13.5. The highest BCUT2D eigenvalue weighted by Crippen LogP contribution is 2.42. The maximum absolute atomic E-state index is 13.5. The van der Waals surface area contributed by atoms with Crippen molar-refractivity contribution in [1.29, 1.82) is 0 Å². The molecular formula is C21H13F6NO2. The molecule has 0 unspecified atom stereocenters. The van der Waals surface area contributed by atoms with E-state index in [0.717, 1.165) is 36.7 Å². The number of carboxylic acid groups (broad SMARTS) is 1. The molecule has 9 heteroatoms. The second kappa shape index (κ2) is 7.81. The van der Waals surface area contributed by atoms with Gasteiger partial charge in [-0.1, -0.05) is 36.4 Å². The van der Waals surface area contributed by atoms with E-state index in [-0.39, 0.29) is 27.8 Å². The van der Waals surface area contributed by atoms with Gasteiger partial charge in [0.2, 0.25) is 0 Å². The fourth-order valence-corrected chi connectivity index (χ4v) is 3.22. The second-order valence-corrected chi connectivity index (χ2v) is 6.37. The van der Waals surface area contributed by atoms with Gasteiger partial charge in [0.05, 0.1) is 17.5 Å². The highest BCUT2D eigenvalue weighted by molar-refractivity contribution is 5.85. The number of carboxylic acids is 1. The number of hydrogen-bond donors (Lipinski definition) is 1. The van der Waals surface area contributed by atoms with Crippen molar-refractivity contribution in [3.8, 4) is 22.3 Å². The Hall–Kier alpha value is -3.36. The average molecular weight is 425 g/mol. The van der Waals surface area contributed by atoms with Crippen molar-refractivity contribution in [1.82, 2.24) is 4.98 Å². The largest absolute Gasteiger partial charge is 0.481 e. The Bertz CT molecular complexity index is 1010. The molecule has 0 radical (unpaired) electrons. The highest BCUT2D eigenvalue weighted by Gasteiger charge is 2.36. The summed E-state index contributed by atoms with van der Waals surface area (Å²) in [6.07, 6.45) is -8.23. The number of hydrogen-bond acceptors (Lipinski definition) is 2. The zero-order chi connectivity index (χ0) is 22.1. The monoisotopic (exact) mass is 425 g/mol. The van der Waals surface area contributed by atoms with Gasteiger partial charge < -0.3 is 5.11 Å². The molecule has 0 aliphatic heterocycles. The van der Waals surface area contributed by atoms with Gasteiger partial charge in [-0.3, -0.25) is 9.78 Å². The lowest BCUT2D eigenvalue weighted by atomic mass is 9.88. The van der Waals surface area contributed by atoms with E-state index in [4.69, 9.17) is 0 Å². The van der Waals surface area contributed by atoms with E-state index in [1.54, 1.807) is 0 Å². The first-order chi connectivity index (χ1) is 14.0. The molecule has 0 atom stereocenters. The summed E-state index contributed by atoms with van der Waals surface area (Å²) in [4.78, 5) is 15.3. The van der Waals surface area contributed by atoms with Crippen LogP contribution in [-0.4, -0.2) is 16.1 Å². The Labute approximate surface area is 166 Å². The number of rotatable bonds is 4. The number of aliphatic carboxylic acids is 1. The molecule has 3 aromatic rings. The molecule has 3 nitrogen and oxygen atoms in total. The molecule has 0 bridgehead atoms. The van der Waals surface area contributed by atoms with Crippen molar-refractivity contribution in [2.45, 2.75) is 18.8 Å². The number of benzene rings is 2. The van der Waals surface area contributed by atoms with Crippen molar-refractivity contribution in [2.24, 2.45) is 0 Å². The van der Waals surface area contributed by atoms with E-state index in [1.807, 2.05) is 0 Å². The Balaban J connectivity index is 2.35. The van der Waals surface area contributed by atoms with Gasteiger partial charge >= 0.3 is 18.3 Å². The molecule has 0 amide bonds. The molecule has 3 rings (SSSR count). The molecule has 1 heterocycles. The SMILES string of the molecule is O=C(O)Cc1c(-c2ccccc2C(F)(F)F)cncc1-c1ccccc1C(F)(F)F. The first kappa shape index (κ1) is 21.4. The van der Waals surface area contributed by atoms with E-state index >= 15 is 0 Å². The molecular weight excluding hydrogens is 412 g/mol. The van der Waals surface area contributed by atoms with E-state index < -0.39 is 35.9 Å². The third-order valence-corrected chi connectivity index (χ3v) is 4.43. The molecule has 0 aliphatic carbocycles. The van der Waals surface area contributed by atoms with Crippen molar-refractivity contribution in [2.75, 3.05) is 0 Å². The average Bonchev–Trinajstić information content (AvgIpc) is 2.66. The van der Waals surface area contributed by atoms with E-state index in [0.29, 0.717) is 0 Å². The predicted octanol–water partition coefficient (Wildman–Crippen LogP) is 6.08. The highest BCUT2D eigenvalue weighted by atomic mass is 19.4. The standard InChI is InChI=1S/C21H13F6NO2/c22-20(23,24)17-7-3-1-5-12(17)15-10-28-11-16(14(15)9-19(29)30)13-6-2-4-8-18(13)21(25,26)27/h1-8,10-11H,9H2,(H,29,30). The number of aromatic nitrogens is 1. The number of alkyl halides is 6. The van der Waals surface area contributed by atoms with Crippen LogP contribution >= 0.6 is 0 Å². The molecule has 0 fully saturated rings. The van der Waals surface area contributed by atoms with E-state index in [1.165, 1.54) is 24.3 Å². The van der Waals surface area contributed by atoms with Crippen LogP contribution in [0.2, 0.25) is 0 Å². The smallest absolute Gasteiger partial charge is 0.417 e. The van der Waals surface area contributed by atoms with Crippen LogP contribution in [0, 0.1) is 0 Å². The van der Waals surface area contributed by atoms with Gasteiger partial charge in [0, 0.05) is 23.5 Å². The third kappa shape index (κ3) is 4.29. The Morgan fingerprint density at radius 1 is 0.733 bits per heavy atom. The van der Waals surface area contributed by atoms with Crippen molar-refractivity contribution < 1.29 is 36.2 Å². The van der Waals surface area contributed by atoms with Crippen LogP contribution in [0.25, 0.3) is 22.3 Å². The third-order valence-electron chi connectivity index (χ3n) is 4.43. The Morgan fingerprint density at radius 3 is 1.50 bits per heavy atom. The Morgan fingerprint density at radius 2 is 1.13 bits per heavy atom. The lowest BCUT2D eigenvalue weighted by Crippen LogP contribution is -2.11. The maximum Gasteiger partial charge on any atom is 0.417 e. The predicted molar refractivity (Wildman–Crippen MR) is 96.5 cm³/mol. The minimum atomic E-state index is -4.75.